The van der Waals surface area contributed by atoms with Gasteiger partial charge in [-0.2, -0.15) is 5.10 Å². The molecule has 0 radical (unpaired) electrons. The van der Waals surface area contributed by atoms with Gasteiger partial charge in [0.15, 0.2) is 0 Å². The third-order valence-electron chi connectivity index (χ3n) is 7.58. The molecule has 1 fully saturated rings. The van der Waals surface area contributed by atoms with Crippen LogP contribution in [0.25, 0.3) is 27.6 Å². The molecule has 7 rings (SSSR count). The molecule has 6 aromatic rings. The first-order valence-corrected chi connectivity index (χ1v) is 13.7. The van der Waals surface area contributed by atoms with Gasteiger partial charge in [0.1, 0.15) is 0 Å². The van der Waals surface area contributed by atoms with Crippen molar-refractivity contribution in [1.82, 2.24) is 19.7 Å². The first-order chi connectivity index (χ1) is 20.1. The summed E-state index contributed by atoms with van der Waals surface area (Å²) in [5.74, 6) is -0.215. The number of fused-ring (bicyclic) bond motifs is 2. The molecule has 1 saturated heterocycles. The van der Waals surface area contributed by atoms with Crippen LogP contribution in [0.1, 0.15) is 23.2 Å². The maximum absolute atomic E-state index is 12.7. The summed E-state index contributed by atoms with van der Waals surface area (Å²) in [5.41, 5.74) is 7.89. The zero-order valence-electron chi connectivity index (χ0n) is 22.3. The minimum Gasteiger partial charge on any atom is -0.393 e. The summed E-state index contributed by atoms with van der Waals surface area (Å²) in [6, 6.07) is 25.9. The number of aromatic nitrogens is 4. The van der Waals surface area contributed by atoms with Gasteiger partial charge < -0.3 is 25.6 Å². The summed E-state index contributed by atoms with van der Waals surface area (Å²) in [6.45, 7) is 1.77. The van der Waals surface area contributed by atoms with Crippen molar-refractivity contribution in [2.75, 3.05) is 28.6 Å². The Labute approximate surface area is 236 Å². The van der Waals surface area contributed by atoms with E-state index in [1.807, 2.05) is 47.3 Å². The molecule has 0 bridgehead atoms. The zero-order chi connectivity index (χ0) is 27.8. The molecule has 204 valence electrons. The number of hydrogen-bond donors (Lipinski definition) is 4. The number of hydrogen-bond acceptors (Lipinski definition) is 6. The minimum absolute atomic E-state index is 0.173. The fourth-order valence-electron chi connectivity index (χ4n) is 5.31. The molecule has 3 aromatic carbocycles. The SMILES string of the molecule is O=C(Nc1ccc(-n2ncc3cc(Nc4ccc(N5CCC(O)CC5)cc4)ccc32)cc1)c1cnc2cc[nH]c2c1. The standard InChI is InChI=1S/C32H29N7O2/c40-28-12-15-38(16-13-28)26-6-1-23(2-7-26)36-25-5-10-31-21(17-25)20-35-39(31)27-8-3-24(4-9-27)37-32(41)22-18-30-29(34-19-22)11-14-33-30/h1-11,14,17-20,28,33,36,40H,12-13,15-16H2,(H,37,41). The fraction of sp³-hybridized carbons (Fsp3) is 0.156. The summed E-state index contributed by atoms with van der Waals surface area (Å²) < 4.78 is 1.89. The average molecular weight is 544 g/mol. The maximum atomic E-state index is 12.7. The highest BCUT2D eigenvalue weighted by Crippen LogP contribution is 2.27. The van der Waals surface area contributed by atoms with E-state index < -0.39 is 0 Å². The Morgan fingerprint density at radius 3 is 2.39 bits per heavy atom. The van der Waals surface area contributed by atoms with Crippen LogP contribution >= 0.6 is 0 Å². The molecular weight excluding hydrogens is 514 g/mol. The number of aliphatic hydroxyl groups is 1. The number of piperidine rings is 1. The molecule has 0 saturated carbocycles. The van der Waals surface area contributed by atoms with Gasteiger partial charge in [0, 0.05) is 53.6 Å². The van der Waals surface area contributed by atoms with E-state index in [-0.39, 0.29) is 12.0 Å². The number of H-pyrrole nitrogens is 1. The minimum atomic E-state index is -0.215. The molecule has 0 aliphatic carbocycles. The molecule has 0 unspecified atom stereocenters. The lowest BCUT2D eigenvalue weighted by atomic mass is 10.1. The molecule has 41 heavy (non-hydrogen) atoms. The Hall–Kier alpha value is -5.15. The van der Waals surface area contributed by atoms with Crippen molar-refractivity contribution in [3.8, 4) is 5.69 Å². The predicted octanol–water partition coefficient (Wildman–Crippen LogP) is 5.86. The van der Waals surface area contributed by atoms with Crippen LogP contribution in [0.4, 0.5) is 22.7 Å². The lowest BCUT2D eigenvalue weighted by molar-refractivity contribution is 0.102. The first kappa shape index (κ1) is 24.9. The molecule has 9 heteroatoms. The van der Waals surface area contributed by atoms with Gasteiger partial charge in [0.25, 0.3) is 5.91 Å². The van der Waals surface area contributed by atoms with Crippen LogP contribution in [0.15, 0.2) is 97.5 Å². The van der Waals surface area contributed by atoms with E-state index in [0.717, 1.165) is 64.9 Å². The Balaban J connectivity index is 1.02. The number of anilines is 4. The van der Waals surface area contributed by atoms with Crippen LogP contribution in [0.5, 0.6) is 0 Å². The number of benzene rings is 3. The van der Waals surface area contributed by atoms with Crippen LogP contribution in [0.2, 0.25) is 0 Å². The van der Waals surface area contributed by atoms with Gasteiger partial charge in [-0.1, -0.05) is 0 Å². The highest BCUT2D eigenvalue weighted by Gasteiger charge is 2.17. The molecule has 4 N–H and O–H groups in total. The number of pyridine rings is 1. The number of nitrogens with one attached hydrogen (secondary N) is 3. The lowest BCUT2D eigenvalue weighted by Crippen LogP contribution is -2.35. The highest BCUT2D eigenvalue weighted by molar-refractivity contribution is 6.05. The van der Waals surface area contributed by atoms with Gasteiger partial charge in [-0.05, 0) is 91.7 Å². The van der Waals surface area contributed by atoms with Crippen molar-refractivity contribution in [2.45, 2.75) is 18.9 Å². The number of carbonyl (C=O) groups is 1. The maximum Gasteiger partial charge on any atom is 0.257 e. The van der Waals surface area contributed by atoms with E-state index in [1.54, 1.807) is 18.5 Å². The third-order valence-corrected chi connectivity index (χ3v) is 7.58. The molecule has 0 spiro atoms. The second-order valence-corrected chi connectivity index (χ2v) is 10.4. The van der Waals surface area contributed by atoms with Gasteiger partial charge in [0.2, 0.25) is 0 Å². The Morgan fingerprint density at radius 1 is 0.854 bits per heavy atom. The van der Waals surface area contributed by atoms with Crippen LogP contribution in [-0.2, 0) is 0 Å². The quantitative estimate of drug-likeness (QED) is 0.209. The molecule has 9 nitrogen and oxygen atoms in total. The van der Waals surface area contributed by atoms with Crippen LogP contribution < -0.4 is 15.5 Å². The lowest BCUT2D eigenvalue weighted by Gasteiger charge is -2.31. The number of rotatable bonds is 6. The van der Waals surface area contributed by atoms with Gasteiger partial charge in [0.05, 0.1) is 40.1 Å². The molecule has 1 amide bonds. The van der Waals surface area contributed by atoms with Gasteiger partial charge in [-0.15, -0.1) is 0 Å². The van der Waals surface area contributed by atoms with E-state index >= 15 is 0 Å². The van der Waals surface area contributed by atoms with Crippen LogP contribution in [0, 0.1) is 0 Å². The normalized spacial score (nSPS) is 14.0. The number of aliphatic hydroxyl groups excluding tert-OH is 1. The average Bonchev–Trinajstić information content (AvgIpc) is 3.65. The van der Waals surface area contributed by atoms with Gasteiger partial charge in [-0.3, -0.25) is 9.78 Å². The summed E-state index contributed by atoms with van der Waals surface area (Å²) in [4.78, 5) is 22.4. The monoisotopic (exact) mass is 543 g/mol. The molecule has 1 aliphatic heterocycles. The van der Waals surface area contributed by atoms with E-state index in [4.69, 9.17) is 0 Å². The summed E-state index contributed by atoms with van der Waals surface area (Å²) in [7, 11) is 0. The van der Waals surface area contributed by atoms with E-state index in [1.165, 1.54) is 5.69 Å². The van der Waals surface area contributed by atoms with Crippen molar-refractivity contribution in [2.24, 2.45) is 0 Å². The predicted molar refractivity (Wildman–Crippen MR) is 162 cm³/mol. The third kappa shape index (κ3) is 5.10. The fourth-order valence-corrected chi connectivity index (χ4v) is 5.31. The Bertz CT molecular complexity index is 1830. The molecule has 0 atom stereocenters. The summed E-state index contributed by atoms with van der Waals surface area (Å²) >= 11 is 0. The largest absolute Gasteiger partial charge is 0.393 e. The van der Waals surface area contributed by atoms with Gasteiger partial charge >= 0.3 is 0 Å². The topological polar surface area (TPSA) is 111 Å². The first-order valence-electron chi connectivity index (χ1n) is 13.7. The van der Waals surface area contributed by atoms with E-state index in [2.05, 4.69) is 67.0 Å². The van der Waals surface area contributed by atoms with Gasteiger partial charge in [-0.25, -0.2) is 4.68 Å². The van der Waals surface area contributed by atoms with Crippen molar-refractivity contribution in [1.29, 1.82) is 0 Å². The number of amides is 1. The molecular formula is C32H29N7O2. The second kappa shape index (κ2) is 10.4. The zero-order valence-corrected chi connectivity index (χ0v) is 22.3. The van der Waals surface area contributed by atoms with Crippen LogP contribution in [0.3, 0.4) is 0 Å². The Morgan fingerprint density at radius 2 is 1.59 bits per heavy atom. The van der Waals surface area contributed by atoms with Crippen molar-refractivity contribution < 1.29 is 9.90 Å². The molecule has 3 aromatic heterocycles. The highest BCUT2D eigenvalue weighted by atomic mass is 16.3. The second-order valence-electron chi connectivity index (χ2n) is 10.4. The molecule has 4 heterocycles. The van der Waals surface area contributed by atoms with E-state index in [9.17, 15) is 9.90 Å². The van der Waals surface area contributed by atoms with E-state index in [0.29, 0.717) is 11.3 Å². The number of aromatic amines is 1. The van der Waals surface area contributed by atoms with Crippen molar-refractivity contribution in [3.05, 3.63) is 103 Å². The number of carbonyl (C=O) groups excluding carboxylic acids is 1. The van der Waals surface area contributed by atoms with Crippen molar-refractivity contribution >= 4 is 50.6 Å². The van der Waals surface area contributed by atoms with Crippen molar-refractivity contribution in [3.63, 3.8) is 0 Å². The molecule has 1 aliphatic rings. The van der Waals surface area contributed by atoms with Crippen LogP contribution in [-0.4, -0.2) is 50.0 Å². The number of nitrogens with zero attached hydrogens (tertiary/aromatic N) is 4. The summed E-state index contributed by atoms with van der Waals surface area (Å²) in [6.07, 6.45) is 6.70. The Kier molecular flexibility index (Phi) is 6.33. The summed E-state index contributed by atoms with van der Waals surface area (Å²) in [5, 5.41) is 21.8. The smallest absolute Gasteiger partial charge is 0.257 e.